The molecule has 0 rings (SSSR count). The monoisotopic (exact) mass is 119 g/mol. The zero-order valence-corrected chi connectivity index (χ0v) is 4.22. The van der Waals surface area contributed by atoms with E-state index in [9.17, 15) is 9.46 Å². The number of nitriles is 1. The lowest BCUT2D eigenvalue weighted by Gasteiger charge is -1.76. The molecule has 0 aliphatic carbocycles. The van der Waals surface area contributed by atoms with Crippen molar-refractivity contribution in [2.75, 3.05) is 6.61 Å². The Morgan fingerprint density at radius 2 is 2.57 bits per heavy atom. The Kier molecular flexibility index (Phi) is 3.43. The van der Waals surface area contributed by atoms with Gasteiger partial charge in [0.1, 0.15) is 0 Å². The van der Waals surface area contributed by atoms with E-state index in [4.69, 9.17) is 5.26 Å². The highest BCUT2D eigenvalue weighted by Gasteiger charge is 1.95. The van der Waals surface area contributed by atoms with Crippen molar-refractivity contribution in [2.45, 2.75) is 0 Å². The topological polar surface area (TPSA) is 73.1 Å². The van der Waals surface area contributed by atoms with Crippen molar-refractivity contribution >= 4 is 8.25 Å². The lowest BCUT2D eigenvalue weighted by Crippen LogP contribution is -1.90. The van der Waals surface area contributed by atoms with Crippen molar-refractivity contribution in [2.24, 2.45) is 0 Å². The first-order valence-corrected chi connectivity index (χ1v) is 2.51. The van der Waals surface area contributed by atoms with Crippen LogP contribution in [0.1, 0.15) is 0 Å². The molecule has 0 spiro atoms. The van der Waals surface area contributed by atoms with E-state index in [2.05, 4.69) is 4.52 Å². The Morgan fingerprint density at radius 1 is 2.00 bits per heavy atom. The minimum Gasteiger partial charge on any atom is -0.566 e. The Labute approximate surface area is 41.3 Å². The van der Waals surface area contributed by atoms with E-state index in [0.29, 0.717) is 0 Å². The molecule has 0 aromatic carbocycles. The molecule has 1 atom stereocenters. The SMILES string of the molecule is N#CCO[P+](=O)[O-]. The first kappa shape index (κ1) is 6.51. The van der Waals surface area contributed by atoms with Gasteiger partial charge in [-0.05, 0) is 4.57 Å². The van der Waals surface area contributed by atoms with Crippen molar-refractivity contribution < 1.29 is 14.0 Å². The molecular formula is C2H2NO3P. The molecule has 0 saturated heterocycles. The van der Waals surface area contributed by atoms with Gasteiger partial charge in [-0.15, -0.1) is 4.52 Å². The van der Waals surface area contributed by atoms with Gasteiger partial charge in [-0.2, -0.15) is 5.26 Å². The maximum atomic E-state index is 9.42. The average molecular weight is 119 g/mol. The summed E-state index contributed by atoms with van der Waals surface area (Å²) in [5.41, 5.74) is 0. The summed E-state index contributed by atoms with van der Waals surface area (Å²) in [7, 11) is -2.83. The van der Waals surface area contributed by atoms with Gasteiger partial charge in [0.05, 0.1) is 6.07 Å². The van der Waals surface area contributed by atoms with Crippen molar-refractivity contribution in [1.29, 1.82) is 5.26 Å². The second kappa shape index (κ2) is 3.69. The molecule has 0 radical (unpaired) electrons. The molecule has 0 bridgehead atoms. The number of hydrogen-bond donors (Lipinski definition) is 0. The van der Waals surface area contributed by atoms with Crippen LogP contribution in [0.3, 0.4) is 0 Å². The molecule has 0 N–H and O–H groups in total. The molecule has 7 heavy (non-hydrogen) atoms. The van der Waals surface area contributed by atoms with E-state index in [1.165, 1.54) is 6.07 Å². The number of hydrogen-bond acceptors (Lipinski definition) is 4. The Balaban J connectivity index is 3.02. The standard InChI is InChI=1S/C2H2NO3P/c3-1-2-6-7(4)5/h2H2. The highest BCUT2D eigenvalue weighted by molar-refractivity contribution is 7.30. The fourth-order valence-corrected chi connectivity index (χ4v) is 0.245. The third kappa shape index (κ3) is 5.51. The van der Waals surface area contributed by atoms with Gasteiger partial charge in [0.25, 0.3) is 0 Å². The summed E-state index contributed by atoms with van der Waals surface area (Å²) < 4.78 is 13.2. The average Bonchev–Trinajstić information content (AvgIpc) is 1.61. The molecule has 38 valence electrons. The van der Waals surface area contributed by atoms with Crippen LogP contribution in [0.25, 0.3) is 0 Å². The van der Waals surface area contributed by atoms with Gasteiger partial charge < -0.3 is 4.89 Å². The minimum absolute atomic E-state index is 0.390. The van der Waals surface area contributed by atoms with Gasteiger partial charge in [-0.3, -0.25) is 0 Å². The maximum absolute atomic E-state index is 9.42. The highest BCUT2D eigenvalue weighted by Crippen LogP contribution is 2.05. The molecule has 0 amide bonds. The second-order valence-electron chi connectivity index (χ2n) is 0.655. The quantitative estimate of drug-likeness (QED) is 0.461. The summed E-state index contributed by atoms with van der Waals surface area (Å²) in [5, 5.41) is 7.67. The maximum Gasteiger partial charge on any atom is 0.489 e. The van der Waals surface area contributed by atoms with Crippen LogP contribution in [0, 0.1) is 11.3 Å². The molecular weight excluding hydrogens is 117 g/mol. The summed E-state index contributed by atoms with van der Waals surface area (Å²) >= 11 is 0. The van der Waals surface area contributed by atoms with Crippen molar-refractivity contribution in [3.05, 3.63) is 0 Å². The van der Waals surface area contributed by atoms with E-state index in [1.54, 1.807) is 0 Å². The normalized spacial score (nSPS) is 10.0. The molecule has 1 unspecified atom stereocenters. The molecule has 0 heterocycles. The largest absolute Gasteiger partial charge is 0.566 e. The predicted molar refractivity (Wildman–Crippen MR) is 19.2 cm³/mol. The zero-order valence-electron chi connectivity index (χ0n) is 3.33. The summed E-state index contributed by atoms with van der Waals surface area (Å²) in [6, 6.07) is 1.49. The fourth-order valence-electron chi connectivity index (χ4n) is 0.0816. The highest BCUT2D eigenvalue weighted by atomic mass is 31.1. The van der Waals surface area contributed by atoms with Crippen LogP contribution in [-0.2, 0) is 9.09 Å². The molecule has 5 heteroatoms. The van der Waals surface area contributed by atoms with Crippen LogP contribution >= 0.6 is 8.25 Å². The summed E-state index contributed by atoms with van der Waals surface area (Å²) in [5.74, 6) is 0. The third-order valence-corrected chi connectivity index (χ3v) is 0.574. The van der Waals surface area contributed by atoms with Crippen molar-refractivity contribution in [1.82, 2.24) is 0 Å². The third-order valence-electron chi connectivity index (χ3n) is 0.235. The Bertz CT molecular complexity index is 106. The van der Waals surface area contributed by atoms with Crippen LogP contribution in [0.5, 0.6) is 0 Å². The van der Waals surface area contributed by atoms with E-state index < -0.39 is 14.9 Å². The molecule has 0 saturated carbocycles. The summed E-state index contributed by atoms with van der Waals surface area (Å²) in [6.45, 7) is -0.390. The fraction of sp³-hybridized carbons (Fsp3) is 0.500. The summed E-state index contributed by atoms with van der Waals surface area (Å²) in [6.07, 6.45) is 0. The van der Waals surface area contributed by atoms with Crippen molar-refractivity contribution in [3.63, 3.8) is 0 Å². The van der Waals surface area contributed by atoms with Gasteiger partial charge in [0.15, 0.2) is 6.61 Å². The molecule has 0 fully saturated rings. The zero-order chi connectivity index (χ0) is 5.70. The second-order valence-corrected chi connectivity index (χ2v) is 1.36. The van der Waals surface area contributed by atoms with Gasteiger partial charge >= 0.3 is 8.25 Å². The minimum atomic E-state index is -2.83. The van der Waals surface area contributed by atoms with E-state index in [0.717, 1.165) is 0 Å². The van der Waals surface area contributed by atoms with Gasteiger partial charge in [0, 0.05) is 0 Å². The van der Waals surface area contributed by atoms with Crippen molar-refractivity contribution in [3.8, 4) is 6.07 Å². The lowest BCUT2D eigenvalue weighted by molar-refractivity contribution is -0.184. The van der Waals surface area contributed by atoms with E-state index in [-0.39, 0.29) is 0 Å². The van der Waals surface area contributed by atoms with Crippen LogP contribution in [0.15, 0.2) is 0 Å². The van der Waals surface area contributed by atoms with E-state index >= 15 is 0 Å². The molecule has 0 aromatic rings. The van der Waals surface area contributed by atoms with Crippen LogP contribution in [-0.4, -0.2) is 6.61 Å². The van der Waals surface area contributed by atoms with Gasteiger partial charge in [0.2, 0.25) is 0 Å². The Hall–Kier alpha value is -0.490. The molecule has 0 aliphatic heterocycles. The smallest absolute Gasteiger partial charge is 0.489 e. The van der Waals surface area contributed by atoms with Crippen LogP contribution in [0.4, 0.5) is 0 Å². The predicted octanol–water partition coefficient (Wildman–Crippen LogP) is -0.456. The van der Waals surface area contributed by atoms with Crippen LogP contribution < -0.4 is 4.89 Å². The number of rotatable bonds is 2. The molecule has 0 aromatic heterocycles. The first-order chi connectivity index (χ1) is 3.27. The molecule has 0 aliphatic rings. The lowest BCUT2D eigenvalue weighted by atomic mass is 10.9. The molecule has 4 nitrogen and oxygen atoms in total. The number of nitrogens with zero attached hydrogens (tertiary/aromatic N) is 1. The van der Waals surface area contributed by atoms with Gasteiger partial charge in [-0.25, -0.2) is 0 Å². The summed E-state index contributed by atoms with van der Waals surface area (Å²) in [4.78, 5) is 9.42. The first-order valence-electron chi connectivity index (χ1n) is 1.41. The van der Waals surface area contributed by atoms with E-state index in [1.807, 2.05) is 0 Å². The Morgan fingerprint density at radius 3 is 2.71 bits per heavy atom. The van der Waals surface area contributed by atoms with Gasteiger partial charge in [-0.1, -0.05) is 0 Å². The van der Waals surface area contributed by atoms with Crippen LogP contribution in [0.2, 0.25) is 0 Å².